The first-order chi connectivity index (χ1) is 11.2. The summed E-state index contributed by atoms with van der Waals surface area (Å²) in [5, 5.41) is 0. The van der Waals surface area contributed by atoms with Gasteiger partial charge in [0.25, 0.3) is 0 Å². The predicted octanol–water partition coefficient (Wildman–Crippen LogP) is 7.09. The molecule has 0 radical (unpaired) electrons. The van der Waals surface area contributed by atoms with Gasteiger partial charge in [-0.2, -0.15) is 0 Å². The normalized spacial score (nSPS) is 11.7. The van der Waals surface area contributed by atoms with Gasteiger partial charge in [0.1, 0.15) is 5.75 Å². The van der Waals surface area contributed by atoms with Gasteiger partial charge in [-0.1, -0.05) is 88.8 Å². The first kappa shape index (κ1) is 20.3. The molecule has 0 atom stereocenters. The van der Waals surface area contributed by atoms with Crippen LogP contribution in [0.5, 0.6) is 5.75 Å². The summed E-state index contributed by atoms with van der Waals surface area (Å²) in [6.45, 7) is 9.97. The molecule has 1 nitrogen and oxygen atoms in total. The fourth-order valence-electron chi connectivity index (χ4n) is 4.16. The number of aryl methyl sites for hydroxylation is 1. The molecule has 2 heteroatoms. The molecule has 0 unspecified atom stereocenters. The highest BCUT2D eigenvalue weighted by Gasteiger charge is 2.29. The molecule has 0 saturated heterocycles. The summed E-state index contributed by atoms with van der Waals surface area (Å²) in [6.07, 6.45) is 8.06. The highest BCUT2D eigenvalue weighted by molar-refractivity contribution is 6.79. The molecule has 1 rings (SSSR count). The molecule has 0 fully saturated rings. The van der Waals surface area contributed by atoms with Gasteiger partial charge in [-0.3, -0.25) is 0 Å². The van der Waals surface area contributed by atoms with Crippen LogP contribution in [-0.2, 0) is 6.42 Å². The fourth-order valence-corrected chi connectivity index (χ4v) is 9.85. The number of hydrogen-bond acceptors (Lipinski definition) is 1. The Balaban J connectivity index is 2.53. The summed E-state index contributed by atoms with van der Waals surface area (Å²) >= 11 is 0. The Kier molecular flexibility index (Phi) is 10.3. The van der Waals surface area contributed by atoms with Gasteiger partial charge in [0.15, 0.2) is 0 Å². The van der Waals surface area contributed by atoms with Crippen LogP contribution in [-0.4, -0.2) is 14.7 Å². The second kappa shape index (κ2) is 11.7. The van der Waals surface area contributed by atoms with E-state index in [4.69, 9.17) is 4.74 Å². The number of hydrogen-bond donors (Lipinski definition) is 0. The van der Waals surface area contributed by atoms with Crippen LogP contribution in [0.3, 0.4) is 0 Å². The molecule has 0 N–H and O–H groups in total. The Morgan fingerprint density at radius 1 is 0.783 bits per heavy atom. The number of ether oxygens (including phenoxy) is 1. The average Bonchev–Trinajstić information content (AvgIpc) is 2.54. The number of unbranched alkanes of at least 4 members (excludes halogenated alkanes) is 1. The van der Waals surface area contributed by atoms with Gasteiger partial charge in [0.2, 0.25) is 0 Å². The van der Waals surface area contributed by atoms with Gasteiger partial charge in [-0.15, -0.1) is 0 Å². The van der Waals surface area contributed by atoms with Crippen LogP contribution in [0, 0.1) is 0 Å². The summed E-state index contributed by atoms with van der Waals surface area (Å²) in [4.78, 5) is 0. The zero-order valence-electron chi connectivity index (χ0n) is 16.0. The monoisotopic (exact) mass is 334 g/mol. The highest BCUT2D eigenvalue weighted by atomic mass is 28.3. The van der Waals surface area contributed by atoms with Crippen LogP contribution in [0.25, 0.3) is 0 Å². The van der Waals surface area contributed by atoms with Crippen LogP contribution in [0.15, 0.2) is 24.3 Å². The summed E-state index contributed by atoms with van der Waals surface area (Å²) in [5.41, 5.74) is 1.39. The number of benzene rings is 1. The van der Waals surface area contributed by atoms with Crippen molar-refractivity contribution in [3.05, 3.63) is 29.8 Å². The minimum Gasteiger partial charge on any atom is -0.494 e. The Morgan fingerprint density at radius 2 is 1.39 bits per heavy atom. The van der Waals surface area contributed by atoms with Crippen molar-refractivity contribution < 1.29 is 4.74 Å². The van der Waals surface area contributed by atoms with Crippen molar-refractivity contribution in [2.75, 3.05) is 6.61 Å². The second-order valence-corrected chi connectivity index (χ2v) is 12.0. The molecule has 0 saturated carbocycles. The molecular weight excluding hydrogens is 296 g/mol. The Morgan fingerprint density at radius 3 is 1.96 bits per heavy atom. The summed E-state index contributed by atoms with van der Waals surface area (Å²) in [5.74, 6) is 1.09. The van der Waals surface area contributed by atoms with Crippen molar-refractivity contribution in [1.82, 2.24) is 0 Å². The Bertz CT molecular complexity index is 399. The van der Waals surface area contributed by atoms with E-state index in [1.54, 1.807) is 24.2 Å². The van der Waals surface area contributed by atoms with Gasteiger partial charge in [-0.05, 0) is 31.4 Å². The van der Waals surface area contributed by atoms with Gasteiger partial charge in [0.05, 0.1) is 14.7 Å². The minimum atomic E-state index is -0.994. The van der Waals surface area contributed by atoms with E-state index in [2.05, 4.69) is 52.0 Å². The van der Waals surface area contributed by atoms with E-state index in [1.165, 1.54) is 44.1 Å². The van der Waals surface area contributed by atoms with Crippen LogP contribution >= 0.6 is 0 Å². The van der Waals surface area contributed by atoms with Crippen molar-refractivity contribution in [2.45, 2.75) is 90.4 Å². The predicted molar refractivity (Wildman–Crippen MR) is 106 cm³/mol. The molecule has 0 heterocycles. The molecule has 0 amide bonds. The molecule has 0 bridgehead atoms. The second-order valence-electron chi connectivity index (χ2n) is 7.00. The SMILES string of the molecule is CCC[Si](CCC)(CCC)CCCCc1ccccc1OCC. The van der Waals surface area contributed by atoms with Crippen molar-refractivity contribution in [1.29, 1.82) is 0 Å². The van der Waals surface area contributed by atoms with E-state index in [1.807, 2.05) is 0 Å². The highest BCUT2D eigenvalue weighted by Crippen LogP contribution is 2.32. The third kappa shape index (κ3) is 7.11. The van der Waals surface area contributed by atoms with E-state index < -0.39 is 8.07 Å². The van der Waals surface area contributed by atoms with Crippen LogP contribution in [0.1, 0.15) is 65.4 Å². The minimum absolute atomic E-state index is 0.760. The van der Waals surface area contributed by atoms with Gasteiger partial charge in [0, 0.05) is 0 Å². The van der Waals surface area contributed by atoms with E-state index in [-0.39, 0.29) is 0 Å². The van der Waals surface area contributed by atoms with Crippen LogP contribution in [0.2, 0.25) is 24.2 Å². The summed E-state index contributed by atoms with van der Waals surface area (Å²) < 4.78 is 5.76. The largest absolute Gasteiger partial charge is 0.494 e. The number of rotatable bonds is 13. The van der Waals surface area contributed by atoms with E-state index in [0.717, 1.165) is 12.4 Å². The molecule has 0 aliphatic carbocycles. The third-order valence-electron chi connectivity index (χ3n) is 5.02. The van der Waals surface area contributed by atoms with E-state index in [0.29, 0.717) is 0 Å². The fraction of sp³-hybridized carbons (Fsp3) is 0.714. The first-order valence-electron chi connectivity index (χ1n) is 9.92. The summed E-state index contributed by atoms with van der Waals surface area (Å²) in [7, 11) is -0.994. The topological polar surface area (TPSA) is 9.23 Å². The molecule has 0 spiro atoms. The lowest BCUT2D eigenvalue weighted by Crippen LogP contribution is -2.33. The molecule has 132 valence electrons. The van der Waals surface area contributed by atoms with Crippen molar-refractivity contribution >= 4 is 8.07 Å². The van der Waals surface area contributed by atoms with Gasteiger partial charge in [-0.25, -0.2) is 0 Å². The maximum absolute atomic E-state index is 5.76. The standard InChI is InChI=1S/C21H38OSi/c1-5-16-23(17-6-2,18-7-3)19-12-11-14-20-13-9-10-15-21(20)22-8-4/h9-10,13,15H,5-8,11-12,14,16-19H2,1-4H3. The van der Waals surface area contributed by atoms with Crippen molar-refractivity contribution in [2.24, 2.45) is 0 Å². The van der Waals surface area contributed by atoms with Crippen molar-refractivity contribution in [3.63, 3.8) is 0 Å². The van der Waals surface area contributed by atoms with Gasteiger partial charge >= 0.3 is 0 Å². The molecule has 1 aromatic rings. The van der Waals surface area contributed by atoms with E-state index >= 15 is 0 Å². The Hall–Kier alpha value is -0.763. The van der Waals surface area contributed by atoms with Gasteiger partial charge < -0.3 is 4.74 Å². The lowest BCUT2D eigenvalue weighted by Gasteiger charge is -2.31. The lowest BCUT2D eigenvalue weighted by molar-refractivity contribution is 0.336. The zero-order valence-corrected chi connectivity index (χ0v) is 17.0. The smallest absolute Gasteiger partial charge is 0.122 e. The van der Waals surface area contributed by atoms with E-state index in [9.17, 15) is 0 Å². The van der Waals surface area contributed by atoms with Crippen molar-refractivity contribution in [3.8, 4) is 5.75 Å². The number of para-hydroxylation sites is 1. The van der Waals surface area contributed by atoms with Crippen LogP contribution < -0.4 is 4.74 Å². The zero-order chi connectivity index (χ0) is 17.0. The van der Waals surface area contributed by atoms with Crippen LogP contribution in [0.4, 0.5) is 0 Å². The molecule has 0 aliphatic rings. The maximum Gasteiger partial charge on any atom is 0.122 e. The third-order valence-corrected chi connectivity index (χ3v) is 11.1. The molecule has 0 aliphatic heterocycles. The summed E-state index contributed by atoms with van der Waals surface area (Å²) in [6, 6.07) is 14.7. The first-order valence-corrected chi connectivity index (χ1v) is 12.7. The molecule has 1 aromatic carbocycles. The average molecular weight is 335 g/mol. The molecule has 23 heavy (non-hydrogen) atoms. The Labute approximate surface area is 145 Å². The maximum atomic E-state index is 5.76. The molecule has 0 aromatic heterocycles. The molecular formula is C21H38OSi. The lowest BCUT2D eigenvalue weighted by atomic mass is 10.1. The quantitative estimate of drug-likeness (QED) is 0.276.